The van der Waals surface area contributed by atoms with Crippen molar-refractivity contribution in [2.75, 3.05) is 11.9 Å². The number of nitrogens with one attached hydrogen (secondary N) is 2. The lowest BCUT2D eigenvalue weighted by molar-refractivity contribution is -0.117. The van der Waals surface area contributed by atoms with E-state index in [1.54, 1.807) is 11.3 Å². The maximum absolute atomic E-state index is 11.9. The molecule has 2 N–H and O–H groups in total. The number of thiazole rings is 1. The molecule has 102 valence electrons. The van der Waals surface area contributed by atoms with Gasteiger partial charge in [0.1, 0.15) is 0 Å². The van der Waals surface area contributed by atoms with Crippen molar-refractivity contribution in [1.29, 1.82) is 0 Å². The summed E-state index contributed by atoms with van der Waals surface area (Å²) in [5.74, 6) is 0.0274. The summed E-state index contributed by atoms with van der Waals surface area (Å²) >= 11 is 3.12. The smallest absolute Gasteiger partial charge is 0.243 e. The van der Waals surface area contributed by atoms with Crippen LogP contribution in [0.25, 0.3) is 10.6 Å². The van der Waals surface area contributed by atoms with Gasteiger partial charge in [-0.05, 0) is 30.8 Å². The van der Waals surface area contributed by atoms with Crippen LogP contribution in [-0.4, -0.2) is 23.5 Å². The Labute approximate surface area is 125 Å². The highest BCUT2D eigenvalue weighted by Crippen LogP contribution is 2.28. The van der Waals surface area contributed by atoms with Gasteiger partial charge >= 0.3 is 0 Å². The van der Waals surface area contributed by atoms with E-state index in [4.69, 9.17) is 0 Å². The summed E-state index contributed by atoms with van der Waals surface area (Å²) in [6, 6.07) is 3.98. The predicted octanol–water partition coefficient (Wildman–Crippen LogP) is 2.98. The van der Waals surface area contributed by atoms with Crippen LogP contribution < -0.4 is 10.6 Å². The average molecular weight is 316 g/mol. The maximum Gasteiger partial charge on any atom is 0.243 e. The first-order valence-electron chi connectivity index (χ1n) is 5.86. The quantitative estimate of drug-likeness (QED) is 0.915. The molecule has 2 aromatic rings. The molecule has 1 aliphatic heterocycles. The standard InChI is InChI=1S/C12H13N3OS2.ClH/c16-11(8-3-1-5-13-8)15-12-14-9(7-18-12)10-4-2-6-17-10;/h2,4,6-8,13H,1,3,5H2,(H,14,15,16);1H. The first kappa shape index (κ1) is 14.5. The van der Waals surface area contributed by atoms with Crippen LogP contribution in [0, 0.1) is 0 Å². The first-order chi connectivity index (χ1) is 8.83. The fourth-order valence-corrected chi connectivity index (χ4v) is 3.44. The third-order valence-electron chi connectivity index (χ3n) is 2.88. The highest BCUT2D eigenvalue weighted by atomic mass is 35.5. The minimum atomic E-state index is -0.0564. The number of hydrogen-bond acceptors (Lipinski definition) is 5. The minimum Gasteiger partial charge on any atom is -0.306 e. The largest absolute Gasteiger partial charge is 0.306 e. The third kappa shape index (κ3) is 3.33. The first-order valence-corrected chi connectivity index (χ1v) is 7.62. The Morgan fingerprint density at radius 3 is 3.05 bits per heavy atom. The average Bonchev–Trinajstić information content (AvgIpc) is 3.12. The summed E-state index contributed by atoms with van der Waals surface area (Å²) in [4.78, 5) is 17.5. The predicted molar refractivity (Wildman–Crippen MR) is 82.3 cm³/mol. The van der Waals surface area contributed by atoms with E-state index >= 15 is 0 Å². The Hall–Kier alpha value is -0.950. The molecular weight excluding hydrogens is 302 g/mol. The van der Waals surface area contributed by atoms with Crippen molar-refractivity contribution in [3.05, 3.63) is 22.9 Å². The fourth-order valence-electron chi connectivity index (χ4n) is 1.97. The van der Waals surface area contributed by atoms with Crippen LogP contribution in [0.15, 0.2) is 22.9 Å². The van der Waals surface area contributed by atoms with Gasteiger partial charge in [-0.25, -0.2) is 4.98 Å². The summed E-state index contributed by atoms with van der Waals surface area (Å²) < 4.78 is 0. The van der Waals surface area contributed by atoms with E-state index in [0.717, 1.165) is 30.0 Å². The highest BCUT2D eigenvalue weighted by molar-refractivity contribution is 7.16. The van der Waals surface area contributed by atoms with Crippen molar-refractivity contribution in [2.45, 2.75) is 18.9 Å². The van der Waals surface area contributed by atoms with Gasteiger partial charge in [0.2, 0.25) is 5.91 Å². The number of carbonyl (C=O) groups is 1. The molecule has 2 aromatic heterocycles. The number of amides is 1. The topological polar surface area (TPSA) is 54.0 Å². The normalized spacial score (nSPS) is 18.0. The SMILES string of the molecule is Cl.O=C(Nc1nc(-c2cccs2)cs1)C1CCCN1. The Kier molecular flexibility index (Phi) is 4.93. The second-order valence-electron chi connectivity index (χ2n) is 4.15. The summed E-state index contributed by atoms with van der Waals surface area (Å²) in [6.45, 7) is 0.927. The van der Waals surface area contributed by atoms with Crippen molar-refractivity contribution in [1.82, 2.24) is 10.3 Å². The van der Waals surface area contributed by atoms with Crippen molar-refractivity contribution >= 4 is 46.1 Å². The molecule has 1 fully saturated rings. The number of aromatic nitrogens is 1. The van der Waals surface area contributed by atoms with Gasteiger partial charge in [-0.1, -0.05) is 6.07 Å². The van der Waals surface area contributed by atoms with Gasteiger partial charge < -0.3 is 10.6 Å². The molecule has 0 aromatic carbocycles. The van der Waals surface area contributed by atoms with Crippen LogP contribution in [0.1, 0.15) is 12.8 Å². The van der Waals surface area contributed by atoms with Gasteiger partial charge in [0.05, 0.1) is 16.6 Å². The van der Waals surface area contributed by atoms with Gasteiger partial charge in [0, 0.05) is 5.38 Å². The van der Waals surface area contributed by atoms with Crippen molar-refractivity contribution in [3.8, 4) is 10.6 Å². The van der Waals surface area contributed by atoms with Gasteiger partial charge in [-0.15, -0.1) is 35.1 Å². The Morgan fingerprint density at radius 1 is 1.47 bits per heavy atom. The number of rotatable bonds is 3. The van der Waals surface area contributed by atoms with Crippen LogP contribution >= 0.6 is 35.1 Å². The number of thiophene rings is 1. The van der Waals surface area contributed by atoms with E-state index < -0.39 is 0 Å². The second-order valence-corrected chi connectivity index (χ2v) is 5.96. The monoisotopic (exact) mass is 315 g/mol. The molecule has 0 aliphatic carbocycles. The molecule has 1 atom stereocenters. The van der Waals surface area contributed by atoms with Crippen LogP contribution in [0.5, 0.6) is 0 Å². The molecule has 0 saturated carbocycles. The van der Waals surface area contributed by atoms with E-state index in [2.05, 4.69) is 15.6 Å². The summed E-state index contributed by atoms with van der Waals surface area (Å²) in [7, 11) is 0. The van der Waals surface area contributed by atoms with Crippen molar-refractivity contribution in [3.63, 3.8) is 0 Å². The molecule has 0 radical (unpaired) electrons. The van der Waals surface area contributed by atoms with Crippen LogP contribution in [0.2, 0.25) is 0 Å². The lowest BCUT2D eigenvalue weighted by Crippen LogP contribution is -2.35. The van der Waals surface area contributed by atoms with Crippen LogP contribution in [0.3, 0.4) is 0 Å². The molecule has 1 amide bonds. The Balaban J connectivity index is 0.00000133. The number of halogens is 1. The van der Waals surface area contributed by atoms with E-state index in [9.17, 15) is 4.79 Å². The lowest BCUT2D eigenvalue weighted by Gasteiger charge is -2.08. The minimum absolute atomic E-state index is 0. The van der Waals surface area contributed by atoms with Crippen molar-refractivity contribution < 1.29 is 4.79 Å². The van der Waals surface area contributed by atoms with E-state index in [0.29, 0.717) is 5.13 Å². The van der Waals surface area contributed by atoms with E-state index in [1.807, 2.05) is 22.9 Å². The molecule has 3 heterocycles. The molecule has 4 nitrogen and oxygen atoms in total. The molecule has 7 heteroatoms. The number of anilines is 1. The highest BCUT2D eigenvalue weighted by Gasteiger charge is 2.22. The summed E-state index contributed by atoms with van der Waals surface area (Å²) in [6.07, 6.45) is 1.98. The summed E-state index contributed by atoms with van der Waals surface area (Å²) in [5, 5.41) is 10.7. The van der Waals surface area contributed by atoms with Crippen molar-refractivity contribution in [2.24, 2.45) is 0 Å². The summed E-state index contributed by atoms with van der Waals surface area (Å²) in [5.41, 5.74) is 0.935. The molecule has 1 aliphatic rings. The van der Waals surface area contributed by atoms with Gasteiger partial charge in [0.25, 0.3) is 0 Å². The molecule has 3 rings (SSSR count). The zero-order valence-electron chi connectivity index (χ0n) is 10.1. The number of nitrogens with zero attached hydrogens (tertiary/aromatic N) is 1. The Bertz CT molecular complexity index is 535. The molecule has 19 heavy (non-hydrogen) atoms. The van der Waals surface area contributed by atoms with Gasteiger partial charge in [0.15, 0.2) is 5.13 Å². The number of carbonyl (C=O) groups excluding carboxylic acids is 1. The van der Waals surface area contributed by atoms with Gasteiger partial charge in [-0.3, -0.25) is 4.79 Å². The molecular formula is C12H14ClN3OS2. The molecule has 1 saturated heterocycles. The molecule has 0 spiro atoms. The van der Waals surface area contributed by atoms with Crippen LogP contribution in [-0.2, 0) is 4.79 Å². The molecule has 1 unspecified atom stereocenters. The van der Waals surface area contributed by atoms with E-state index in [-0.39, 0.29) is 24.4 Å². The van der Waals surface area contributed by atoms with Crippen LogP contribution in [0.4, 0.5) is 5.13 Å². The maximum atomic E-state index is 11.9. The second kappa shape index (κ2) is 6.47. The third-order valence-corrected chi connectivity index (χ3v) is 4.53. The number of hydrogen-bond donors (Lipinski definition) is 2. The Morgan fingerprint density at radius 2 is 2.37 bits per heavy atom. The fraction of sp³-hybridized carbons (Fsp3) is 0.333. The zero-order valence-corrected chi connectivity index (χ0v) is 12.5. The zero-order chi connectivity index (χ0) is 12.4. The lowest BCUT2D eigenvalue weighted by atomic mass is 10.2. The molecule has 0 bridgehead atoms. The van der Waals surface area contributed by atoms with E-state index in [1.165, 1.54) is 11.3 Å². The van der Waals surface area contributed by atoms with Gasteiger partial charge in [-0.2, -0.15) is 0 Å².